The Balaban J connectivity index is 1.18. The van der Waals surface area contributed by atoms with Gasteiger partial charge in [-0.05, 0) is 57.5 Å². The molecule has 1 aromatic heterocycles. The normalized spacial score (nSPS) is 15.1. The Morgan fingerprint density at radius 2 is 1.67 bits per heavy atom. The van der Waals surface area contributed by atoms with Crippen molar-refractivity contribution in [2.24, 2.45) is 0 Å². The van der Waals surface area contributed by atoms with Crippen molar-refractivity contribution in [1.82, 2.24) is 24.6 Å². The number of carbonyl (C=O) groups excluding carboxylic acids is 2. The Bertz CT molecular complexity index is 1530. The number of carbonyl (C=O) groups is 2. The predicted molar refractivity (Wildman–Crippen MR) is 166 cm³/mol. The van der Waals surface area contributed by atoms with E-state index in [4.69, 9.17) is 4.74 Å². The third-order valence-corrected chi connectivity index (χ3v) is 8.57. The molecule has 0 aliphatic carbocycles. The highest BCUT2D eigenvalue weighted by atomic mass is 32.2. The molecule has 0 spiro atoms. The summed E-state index contributed by atoms with van der Waals surface area (Å²) in [6.07, 6.45) is 1.18. The van der Waals surface area contributed by atoms with Crippen LogP contribution in [0.4, 0.5) is 0 Å². The van der Waals surface area contributed by atoms with Crippen molar-refractivity contribution in [2.45, 2.75) is 44.8 Å². The first-order valence-corrected chi connectivity index (χ1v) is 15.3. The van der Waals surface area contributed by atoms with Gasteiger partial charge in [-0.1, -0.05) is 65.4 Å². The molecule has 0 saturated carbocycles. The fourth-order valence-electron chi connectivity index (χ4n) is 5.13. The fraction of sp³-hybridized carbons (Fsp3) is 0.333. The molecule has 1 saturated heterocycles. The summed E-state index contributed by atoms with van der Waals surface area (Å²) in [7, 11) is 1.59. The van der Waals surface area contributed by atoms with Gasteiger partial charge in [-0.2, -0.15) is 0 Å². The van der Waals surface area contributed by atoms with Gasteiger partial charge in [-0.3, -0.25) is 14.2 Å². The smallest absolute Gasteiger partial charge is 0.254 e. The minimum absolute atomic E-state index is 0.0346. The molecule has 2 amide bonds. The van der Waals surface area contributed by atoms with Gasteiger partial charge in [-0.25, -0.2) is 0 Å². The predicted octanol–water partition coefficient (Wildman–Crippen LogP) is 5.81. The first-order chi connectivity index (χ1) is 20.3. The molecule has 1 unspecified atom stereocenters. The molecule has 1 atom stereocenters. The lowest BCUT2D eigenvalue weighted by Crippen LogP contribution is -2.55. The lowest BCUT2D eigenvalue weighted by atomic mass is 10.1. The number of aromatic nitrogens is 3. The summed E-state index contributed by atoms with van der Waals surface area (Å²) < 4.78 is 7.36. The third kappa shape index (κ3) is 6.68. The van der Waals surface area contributed by atoms with Crippen LogP contribution in [0, 0.1) is 13.8 Å². The van der Waals surface area contributed by atoms with Gasteiger partial charge in [0.05, 0.1) is 7.11 Å². The average molecular weight is 584 g/mol. The van der Waals surface area contributed by atoms with Crippen molar-refractivity contribution in [3.05, 3.63) is 89.5 Å². The van der Waals surface area contributed by atoms with E-state index in [0.717, 1.165) is 34.4 Å². The van der Waals surface area contributed by atoms with E-state index in [1.165, 1.54) is 11.1 Å². The van der Waals surface area contributed by atoms with E-state index in [0.29, 0.717) is 37.4 Å². The summed E-state index contributed by atoms with van der Waals surface area (Å²) in [6.45, 7) is 7.72. The van der Waals surface area contributed by atoms with Crippen LogP contribution in [0.1, 0.15) is 41.3 Å². The van der Waals surface area contributed by atoms with Gasteiger partial charge < -0.3 is 14.5 Å². The highest BCUT2D eigenvalue weighted by molar-refractivity contribution is 7.99. The van der Waals surface area contributed by atoms with Crippen molar-refractivity contribution in [2.75, 3.05) is 32.5 Å². The molecule has 0 bridgehead atoms. The molecular weight excluding hydrogens is 546 g/mol. The lowest BCUT2D eigenvalue weighted by molar-refractivity contribution is -0.133. The first-order valence-electron chi connectivity index (χ1n) is 14.3. The summed E-state index contributed by atoms with van der Waals surface area (Å²) in [5.74, 6) is 2.29. The SMILES string of the molecule is COc1cccc(C(=O)N2CCN(C(=O)CCCSc3nnc(-c4ccc(C)cc4)n3-c3ccc(C)cc3)CC2C)c1. The molecule has 8 nitrogen and oxygen atoms in total. The standard InChI is InChI=1S/C33H37N5O3S/c1-23-10-14-26(15-11-23)31-34-35-33(38(31)28-16-12-24(2)13-17-28)42-20-6-9-30(39)36-18-19-37(25(3)22-36)32(40)27-7-5-8-29(21-27)41-4/h5,7-8,10-17,21,25H,6,9,18-20,22H2,1-4H3. The molecule has 5 rings (SSSR count). The number of hydrogen-bond acceptors (Lipinski definition) is 6. The van der Waals surface area contributed by atoms with Crippen LogP contribution in [0.25, 0.3) is 17.1 Å². The molecule has 4 aromatic rings. The maximum Gasteiger partial charge on any atom is 0.254 e. The van der Waals surface area contributed by atoms with Crippen molar-refractivity contribution in [3.8, 4) is 22.8 Å². The van der Waals surface area contributed by atoms with E-state index in [1.54, 1.807) is 31.0 Å². The van der Waals surface area contributed by atoms with Crippen molar-refractivity contribution < 1.29 is 14.3 Å². The number of thioether (sulfide) groups is 1. The van der Waals surface area contributed by atoms with E-state index in [2.05, 4.69) is 77.1 Å². The number of ether oxygens (including phenoxy) is 1. The second-order valence-electron chi connectivity index (χ2n) is 10.7. The number of methoxy groups -OCH3 is 1. The molecule has 1 aliphatic heterocycles. The number of rotatable bonds is 9. The molecule has 2 heterocycles. The van der Waals surface area contributed by atoms with E-state index in [-0.39, 0.29) is 17.9 Å². The molecule has 218 valence electrons. The number of amides is 2. The zero-order valence-electron chi connectivity index (χ0n) is 24.6. The third-order valence-electron chi connectivity index (χ3n) is 7.56. The number of nitrogens with zero attached hydrogens (tertiary/aromatic N) is 5. The van der Waals surface area contributed by atoms with Crippen LogP contribution in [0.5, 0.6) is 5.75 Å². The van der Waals surface area contributed by atoms with Crippen LogP contribution in [-0.4, -0.2) is 74.9 Å². The Morgan fingerprint density at radius 1 is 0.952 bits per heavy atom. The Hall–Kier alpha value is -4.11. The zero-order valence-corrected chi connectivity index (χ0v) is 25.4. The van der Waals surface area contributed by atoms with E-state index in [9.17, 15) is 9.59 Å². The van der Waals surface area contributed by atoms with Crippen LogP contribution in [0.2, 0.25) is 0 Å². The zero-order chi connectivity index (χ0) is 29.6. The largest absolute Gasteiger partial charge is 0.497 e. The van der Waals surface area contributed by atoms with Gasteiger partial charge in [0.25, 0.3) is 5.91 Å². The summed E-state index contributed by atoms with van der Waals surface area (Å²) in [4.78, 5) is 29.9. The van der Waals surface area contributed by atoms with Gasteiger partial charge in [0.15, 0.2) is 11.0 Å². The maximum absolute atomic E-state index is 13.1. The van der Waals surface area contributed by atoms with Gasteiger partial charge in [0.1, 0.15) is 5.75 Å². The number of benzene rings is 3. The molecule has 0 radical (unpaired) electrons. The summed E-state index contributed by atoms with van der Waals surface area (Å²) >= 11 is 1.61. The van der Waals surface area contributed by atoms with Gasteiger partial charge in [0.2, 0.25) is 5.91 Å². The second-order valence-corrected chi connectivity index (χ2v) is 11.8. The minimum atomic E-state index is -0.0657. The van der Waals surface area contributed by atoms with E-state index < -0.39 is 0 Å². The molecule has 1 aliphatic rings. The van der Waals surface area contributed by atoms with E-state index >= 15 is 0 Å². The Morgan fingerprint density at radius 3 is 2.36 bits per heavy atom. The topological polar surface area (TPSA) is 80.6 Å². The van der Waals surface area contributed by atoms with Gasteiger partial charge >= 0.3 is 0 Å². The molecule has 3 aromatic carbocycles. The number of aryl methyl sites for hydroxylation is 2. The van der Waals surface area contributed by atoms with Crippen molar-refractivity contribution in [3.63, 3.8) is 0 Å². The average Bonchev–Trinajstić information content (AvgIpc) is 3.43. The Kier molecular flexibility index (Phi) is 9.27. The quantitative estimate of drug-likeness (QED) is 0.183. The van der Waals surface area contributed by atoms with Crippen molar-refractivity contribution in [1.29, 1.82) is 0 Å². The van der Waals surface area contributed by atoms with Crippen molar-refractivity contribution >= 4 is 23.6 Å². The highest BCUT2D eigenvalue weighted by Gasteiger charge is 2.30. The Labute approximate surface area is 251 Å². The van der Waals surface area contributed by atoms with E-state index in [1.807, 2.05) is 28.9 Å². The molecule has 42 heavy (non-hydrogen) atoms. The van der Waals surface area contributed by atoms with Crippen LogP contribution >= 0.6 is 11.8 Å². The monoisotopic (exact) mass is 583 g/mol. The lowest BCUT2D eigenvalue weighted by Gasteiger charge is -2.40. The second kappa shape index (κ2) is 13.2. The number of hydrogen-bond donors (Lipinski definition) is 0. The van der Waals surface area contributed by atoms with Crippen LogP contribution in [0.15, 0.2) is 78.0 Å². The summed E-state index contributed by atoms with van der Waals surface area (Å²) in [6, 6.07) is 23.8. The van der Waals surface area contributed by atoms with Crippen LogP contribution < -0.4 is 4.74 Å². The van der Waals surface area contributed by atoms with Crippen LogP contribution in [0.3, 0.4) is 0 Å². The first kappa shape index (κ1) is 29.4. The molecule has 9 heteroatoms. The fourth-order valence-corrected chi connectivity index (χ4v) is 6.02. The van der Waals surface area contributed by atoms with Gasteiger partial charge in [0, 0.05) is 54.7 Å². The summed E-state index contributed by atoms with van der Waals surface area (Å²) in [5.41, 5.74) is 5.00. The van der Waals surface area contributed by atoms with Crippen LogP contribution in [-0.2, 0) is 4.79 Å². The van der Waals surface area contributed by atoms with Gasteiger partial charge in [-0.15, -0.1) is 10.2 Å². The minimum Gasteiger partial charge on any atom is -0.497 e. The number of piperazine rings is 1. The molecule has 0 N–H and O–H groups in total. The molecular formula is C33H37N5O3S. The highest BCUT2D eigenvalue weighted by Crippen LogP contribution is 2.29. The molecule has 1 fully saturated rings. The summed E-state index contributed by atoms with van der Waals surface area (Å²) in [5, 5.41) is 9.87. The maximum atomic E-state index is 13.1.